The van der Waals surface area contributed by atoms with E-state index in [1.165, 1.54) is 12.1 Å². The minimum atomic E-state index is -4.30. The molecular formula is C13H18ClF3N2O. The highest BCUT2D eigenvalue weighted by Crippen LogP contribution is 2.31. The van der Waals surface area contributed by atoms with Gasteiger partial charge in [-0.2, -0.15) is 13.2 Å². The lowest BCUT2D eigenvalue weighted by Gasteiger charge is -2.36. The van der Waals surface area contributed by atoms with Gasteiger partial charge in [0.1, 0.15) is 0 Å². The zero-order valence-electron chi connectivity index (χ0n) is 10.9. The van der Waals surface area contributed by atoms with Gasteiger partial charge in [-0.15, -0.1) is 12.4 Å². The van der Waals surface area contributed by atoms with Crippen molar-refractivity contribution >= 4 is 18.1 Å². The Morgan fingerprint density at radius 2 is 1.75 bits per heavy atom. The van der Waals surface area contributed by atoms with E-state index >= 15 is 0 Å². The highest BCUT2D eigenvalue weighted by atomic mass is 35.5. The van der Waals surface area contributed by atoms with Crippen LogP contribution in [0.15, 0.2) is 24.3 Å². The number of piperazine rings is 1. The van der Waals surface area contributed by atoms with Crippen LogP contribution < -0.4 is 4.90 Å². The maximum Gasteiger partial charge on any atom is 0.416 e. The van der Waals surface area contributed by atoms with Gasteiger partial charge in [0.15, 0.2) is 0 Å². The molecule has 1 N–H and O–H groups in total. The van der Waals surface area contributed by atoms with E-state index in [2.05, 4.69) is 4.90 Å². The summed E-state index contributed by atoms with van der Waals surface area (Å²) < 4.78 is 37.9. The van der Waals surface area contributed by atoms with E-state index in [4.69, 9.17) is 5.11 Å². The Morgan fingerprint density at radius 3 is 2.30 bits per heavy atom. The number of nitrogens with zero attached hydrogens (tertiary/aromatic N) is 2. The van der Waals surface area contributed by atoms with Crippen molar-refractivity contribution in [3.05, 3.63) is 29.8 Å². The molecule has 1 aliphatic heterocycles. The molecule has 1 saturated heterocycles. The van der Waals surface area contributed by atoms with Crippen LogP contribution in [0.4, 0.5) is 18.9 Å². The molecule has 0 aromatic heterocycles. The predicted molar refractivity (Wildman–Crippen MR) is 74.4 cm³/mol. The van der Waals surface area contributed by atoms with Crippen LogP contribution in [0.2, 0.25) is 0 Å². The number of rotatable bonds is 3. The second-order valence-electron chi connectivity index (χ2n) is 4.60. The predicted octanol–water partition coefficient (Wildman–Crippen LogP) is 2.24. The number of aliphatic hydroxyl groups is 1. The molecule has 1 aromatic carbocycles. The smallest absolute Gasteiger partial charge is 0.395 e. The molecule has 0 atom stereocenters. The maximum absolute atomic E-state index is 12.6. The quantitative estimate of drug-likeness (QED) is 0.927. The minimum absolute atomic E-state index is 0. The maximum atomic E-state index is 12.6. The molecule has 3 nitrogen and oxygen atoms in total. The Hall–Kier alpha value is -0.980. The highest BCUT2D eigenvalue weighted by molar-refractivity contribution is 5.85. The molecule has 7 heteroatoms. The van der Waals surface area contributed by atoms with Gasteiger partial charge in [-0.25, -0.2) is 0 Å². The summed E-state index contributed by atoms with van der Waals surface area (Å²) in [6, 6.07) is 5.43. The minimum Gasteiger partial charge on any atom is -0.395 e. The topological polar surface area (TPSA) is 26.7 Å². The average molecular weight is 311 g/mol. The molecule has 0 amide bonds. The van der Waals surface area contributed by atoms with Gasteiger partial charge >= 0.3 is 6.18 Å². The molecule has 0 bridgehead atoms. The van der Waals surface area contributed by atoms with E-state index in [-0.39, 0.29) is 19.0 Å². The Labute approximate surface area is 122 Å². The number of halogens is 4. The lowest BCUT2D eigenvalue weighted by molar-refractivity contribution is -0.137. The van der Waals surface area contributed by atoms with Crippen LogP contribution in [-0.2, 0) is 6.18 Å². The van der Waals surface area contributed by atoms with E-state index in [1.54, 1.807) is 6.07 Å². The van der Waals surface area contributed by atoms with E-state index in [0.717, 1.165) is 19.2 Å². The van der Waals surface area contributed by atoms with Gasteiger partial charge in [0.05, 0.1) is 12.2 Å². The van der Waals surface area contributed by atoms with Gasteiger partial charge in [0.2, 0.25) is 0 Å². The molecule has 20 heavy (non-hydrogen) atoms. The Bertz CT molecular complexity index is 420. The number of aliphatic hydroxyl groups excluding tert-OH is 1. The van der Waals surface area contributed by atoms with Crippen molar-refractivity contribution in [3.8, 4) is 0 Å². The fraction of sp³-hybridized carbons (Fsp3) is 0.538. The van der Waals surface area contributed by atoms with Crippen molar-refractivity contribution in [2.75, 3.05) is 44.2 Å². The molecule has 114 valence electrons. The van der Waals surface area contributed by atoms with Crippen LogP contribution in [0.3, 0.4) is 0 Å². The standard InChI is InChI=1S/C13H17F3N2O.ClH/c14-13(15,16)11-2-1-3-12(10-11)18-6-4-17(5-7-18)8-9-19;/h1-3,10,19H,4-9H2;1H. The zero-order valence-corrected chi connectivity index (χ0v) is 11.8. The van der Waals surface area contributed by atoms with Gasteiger partial charge in [0, 0.05) is 38.4 Å². The highest BCUT2D eigenvalue weighted by Gasteiger charge is 2.31. The Kier molecular flexibility index (Phi) is 6.10. The normalized spacial score (nSPS) is 16.9. The SMILES string of the molecule is Cl.OCCN1CCN(c2cccc(C(F)(F)F)c2)CC1. The molecule has 0 saturated carbocycles. The third kappa shape index (κ3) is 4.26. The monoisotopic (exact) mass is 310 g/mol. The number of hydrogen-bond donors (Lipinski definition) is 1. The lowest BCUT2D eigenvalue weighted by atomic mass is 10.1. The van der Waals surface area contributed by atoms with Crippen molar-refractivity contribution in [1.29, 1.82) is 0 Å². The summed E-state index contributed by atoms with van der Waals surface area (Å²) in [6.07, 6.45) is -4.30. The summed E-state index contributed by atoms with van der Waals surface area (Å²) in [4.78, 5) is 4.05. The van der Waals surface area contributed by atoms with Gasteiger partial charge in [0.25, 0.3) is 0 Å². The average Bonchev–Trinajstić information content (AvgIpc) is 2.39. The lowest BCUT2D eigenvalue weighted by Crippen LogP contribution is -2.47. The Balaban J connectivity index is 0.00000200. The molecule has 0 aliphatic carbocycles. The van der Waals surface area contributed by atoms with E-state index < -0.39 is 11.7 Å². The van der Waals surface area contributed by atoms with E-state index in [9.17, 15) is 13.2 Å². The molecule has 1 aromatic rings. The van der Waals surface area contributed by atoms with Crippen LogP contribution in [0.25, 0.3) is 0 Å². The van der Waals surface area contributed by atoms with Gasteiger partial charge in [-0.1, -0.05) is 6.07 Å². The van der Waals surface area contributed by atoms with Crippen molar-refractivity contribution in [1.82, 2.24) is 4.90 Å². The van der Waals surface area contributed by atoms with Gasteiger partial charge < -0.3 is 10.0 Å². The molecule has 0 radical (unpaired) electrons. The summed E-state index contributed by atoms with van der Waals surface area (Å²) in [5, 5.41) is 8.85. The zero-order chi connectivity index (χ0) is 13.9. The third-order valence-electron chi connectivity index (χ3n) is 3.33. The summed E-state index contributed by atoms with van der Waals surface area (Å²) in [5.41, 5.74) is 0.00117. The first-order valence-corrected chi connectivity index (χ1v) is 6.26. The van der Waals surface area contributed by atoms with Crippen LogP contribution in [-0.4, -0.2) is 49.3 Å². The van der Waals surface area contributed by atoms with Gasteiger partial charge in [-0.05, 0) is 18.2 Å². The third-order valence-corrected chi connectivity index (χ3v) is 3.33. The number of alkyl halides is 3. The number of β-amino-alcohol motifs (C(OH)–C–C–N with tert-alkyl or cyclic N) is 1. The molecule has 1 fully saturated rings. The van der Waals surface area contributed by atoms with Crippen LogP contribution in [0.1, 0.15) is 5.56 Å². The van der Waals surface area contributed by atoms with E-state index in [0.29, 0.717) is 25.3 Å². The molecule has 1 heterocycles. The summed E-state index contributed by atoms with van der Waals surface area (Å²) in [6.45, 7) is 3.62. The number of benzene rings is 1. The molecule has 0 spiro atoms. The molecular weight excluding hydrogens is 293 g/mol. The Morgan fingerprint density at radius 1 is 1.10 bits per heavy atom. The first-order valence-electron chi connectivity index (χ1n) is 6.26. The molecule has 0 unspecified atom stereocenters. The fourth-order valence-electron chi connectivity index (χ4n) is 2.25. The van der Waals surface area contributed by atoms with Crippen molar-refractivity contribution < 1.29 is 18.3 Å². The van der Waals surface area contributed by atoms with Gasteiger partial charge in [-0.3, -0.25) is 4.90 Å². The van der Waals surface area contributed by atoms with Crippen LogP contribution in [0.5, 0.6) is 0 Å². The van der Waals surface area contributed by atoms with Crippen LogP contribution >= 0.6 is 12.4 Å². The van der Waals surface area contributed by atoms with E-state index in [1.807, 2.05) is 4.90 Å². The summed E-state index contributed by atoms with van der Waals surface area (Å²) in [7, 11) is 0. The molecule has 2 rings (SSSR count). The second-order valence-corrected chi connectivity index (χ2v) is 4.60. The summed E-state index contributed by atoms with van der Waals surface area (Å²) >= 11 is 0. The van der Waals surface area contributed by atoms with Crippen molar-refractivity contribution in [2.45, 2.75) is 6.18 Å². The summed E-state index contributed by atoms with van der Waals surface area (Å²) in [5.74, 6) is 0. The second kappa shape index (κ2) is 7.15. The fourth-order valence-corrected chi connectivity index (χ4v) is 2.25. The first kappa shape index (κ1) is 17.1. The largest absolute Gasteiger partial charge is 0.416 e. The van der Waals surface area contributed by atoms with Crippen LogP contribution in [0, 0.1) is 0 Å². The number of anilines is 1. The number of hydrogen-bond acceptors (Lipinski definition) is 3. The van der Waals surface area contributed by atoms with Crippen molar-refractivity contribution in [3.63, 3.8) is 0 Å². The van der Waals surface area contributed by atoms with Crippen molar-refractivity contribution in [2.24, 2.45) is 0 Å². The first-order chi connectivity index (χ1) is 9.00. The molecule has 1 aliphatic rings.